The predicted octanol–water partition coefficient (Wildman–Crippen LogP) is 4.04. The Balaban J connectivity index is 1.59. The molecule has 212 valence electrons. The smallest absolute Gasteiger partial charge is 0.414 e. The highest BCUT2D eigenvalue weighted by atomic mass is 16.5. The molecule has 0 radical (unpaired) electrons. The largest absolute Gasteiger partial charge is 0.486 e. The standard InChI is InChI=1S/C29H28N4O8/c1-17(18-8-6-5-7-9-18)33(28(37)38)27(36)29(2)16-40-23-20-11-10-19(25-30-12-13-39-25)14-21(20)41-24(23)26(35)32(29)15-22(34)31(3)4/h5-14,17H,15-16H2,1-4H3,(H,37,38)/t17?,29-/m1/s1. The Bertz CT molecular complexity index is 1630. The number of hydrogen-bond donors (Lipinski definition) is 1. The van der Waals surface area contributed by atoms with E-state index in [1.165, 1.54) is 38.4 Å². The van der Waals surface area contributed by atoms with Crippen LogP contribution in [0.3, 0.4) is 0 Å². The molecule has 2 aromatic heterocycles. The molecule has 0 spiro atoms. The molecule has 41 heavy (non-hydrogen) atoms. The molecular formula is C29H28N4O8. The van der Waals surface area contributed by atoms with Gasteiger partial charge in [0.15, 0.2) is 11.3 Å². The highest BCUT2D eigenvalue weighted by molar-refractivity contribution is 6.07. The number of nitrogens with zero attached hydrogens (tertiary/aromatic N) is 4. The number of carbonyl (C=O) groups excluding carboxylic acids is 3. The number of aromatic nitrogens is 1. The average molecular weight is 561 g/mol. The second kappa shape index (κ2) is 10.5. The molecule has 4 amide bonds. The molecule has 12 nitrogen and oxygen atoms in total. The lowest BCUT2D eigenvalue weighted by Gasteiger charge is -2.40. The first-order valence-electron chi connectivity index (χ1n) is 12.8. The first kappa shape index (κ1) is 27.4. The van der Waals surface area contributed by atoms with Crippen molar-refractivity contribution in [2.45, 2.75) is 25.4 Å². The Morgan fingerprint density at radius 3 is 2.51 bits per heavy atom. The molecule has 5 rings (SSSR count). The quantitative estimate of drug-likeness (QED) is 0.369. The zero-order valence-corrected chi connectivity index (χ0v) is 22.9. The van der Waals surface area contributed by atoms with Crippen LogP contribution >= 0.6 is 0 Å². The van der Waals surface area contributed by atoms with Gasteiger partial charge in [-0.05, 0) is 37.6 Å². The van der Waals surface area contributed by atoms with E-state index in [-0.39, 0.29) is 11.5 Å². The van der Waals surface area contributed by atoms with Crippen molar-refractivity contribution in [3.05, 3.63) is 72.3 Å². The summed E-state index contributed by atoms with van der Waals surface area (Å²) < 4.78 is 17.4. The van der Waals surface area contributed by atoms with E-state index < -0.39 is 48.5 Å². The number of ether oxygens (including phenoxy) is 1. The third-order valence-corrected chi connectivity index (χ3v) is 7.20. The van der Waals surface area contributed by atoms with Crippen LogP contribution in [-0.4, -0.2) is 81.4 Å². The van der Waals surface area contributed by atoms with Crippen LogP contribution in [0.25, 0.3) is 22.4 Å². The SMILES string of the molecule is CC(c1ccccc1)N(C(=O)O)C(=O)[C@@]1(C)COc2c(oc3cc(-c4ncco4)ccc23)C(=O)N1CC(=O)N(C)C. The van der Waals surface area contributed by atoms with E-state index in [2.05, 4.69) is 4.98 Å². The second-order valence-electron chi connectivity index (χ2n) is 10.1. The minimum Gasteiger partial charge on any atom is -0.486 e. The summed E-state index contributed by atoms with van der Waals surface area (Å²) in [5.41, 5.74) is -0.414. The Morgan fingerprint density at radius 2 is 1.88 bits per heavy atom. The first-order chi connectivity index (χ1) is 19.5. The van der Waals surface area contributed by atoms with Gasteiger partial charge in [0.2, 0.25) is 17.6 Å². The van der Waals surface area contributed by atoms with Crippen LogP contribution < -0.4 is 4.74 Å². The van der Waals surface area contributed by atoms with Gasteiger partial charge in [0, 0.05) is 19.7 Å². The van der Waals surface area contributed by atoms with E-state index in [1.807, 2.05) is 0 Å². The molecule has 1 N–H and O–H groups in total. The van der Waals surface area contributed by atoms with Gasteiger partial charge in [-0.15, -0.1) is 0 Å². The number of fused-ring (bicyclic) bond motifs is 3. The van der Waals surface area contributed by atoms with Gasteiger partial charge in [-0.1, -0.05) is 30.3 Å². The topological polar surface area (TPSA) is 147 Å². The summed E-state index contributed by atoms with van der Waals surface area (Å²) in [4.78, 5) is 60.7. The molecular weight excluding hydrogens is 532 g/mol. The van der Waals surface area contributed by atoms with Crippen LogP contribution in [0.5, 0.6) is 5.75 Å². The third-order valence-electron chi connectivity index (χ3n) is 7.20. The molecule has 1 unspecified atom stereocenters. The van der Waals surface area contributed by atoms with Crippen molar-refractivity contribution < 1.29 is 37.9 Å². The molecule has 1 aliphatic heterocycles. The normalized spacial score (nSPS) is 17.4. The summed E-state index contributed by atoms with van der Waals surface area (Å²) in [6.07, 6.45) is 1.42. The Morgan fingerprint density at radius 1 is 1.15 bits per heavy atom. The van der Waals surface area contributed by atoms with E-state index >= 15 is 0 Å². The zero-order valence-electron chi connectivity index (χ0n) is 22.9. The van der Waals surface area contributed by atoms with E-state index in [1.54, 1.807) is 55.5 Å². The summed E-state index contributed by atoms with van der Waals surface area (Å²) in [5.74, 6) is -1.99. The molecule has 3 heterocycles. The lowest BCUT2D eigenvalue weighted by Crippen LogP contribution is -2.64. The molecule has 12 heteroatoms. The second-order valence-corrected chi connectivity index (χ2v) is 10.1. The number of rotatable bonds is 6. The van der Waals surface area contributed by atoms with Gasteiger partial charge in [-0.2, -0.15) is 0 Å². The van der Waals surface area contributed by atoms with E-state index in [9.17, 15) is 24.3 Å². The minimum absolute atomic E-state index is 0.0840. The number of amides is 4. The minimum atomic E-state index is -1.89. The van der Waals surface area contributed by atoms with Gasteiger partial charge in [0.05, 0.1) is 17.6 Å². The van der Waals surface area contributed by atoms with Crippen molar-refractivity contribution in [3.63, 3.8) is 0 Å². The van der Waals surface area contributed by atoms with E-state index in [0.717, 1.165) is 4.90 Å². The number of oxazole rings is 1. The molecule has 2 aromatic carbocycles. The predicted molar refractivity (Wildman–Crippen MR) is 145 cm³/mol. The van der Waals surface area contributed by atoms with Gasteiger partial charge in [0.25, 0.3) is 11.8 Å². The molecule has 0 fully saturated rings. The van der Waals surface area contributed by atoms with E-state index in [0.29, 0.717) is 32.9 Å². The van der Waals surface area contributed by atoms with Crippen molar-refractivity contribution in [1.29, 1.82) is 0 Å². The summed E-state index contributed by atoms with van der Waals surface area (Å²) in [6.45, 7) is 2.00. The number of likely N-dealkylation sites (N-methyl/N-ethyl adjacent to an activating group) is 1. The van der Waals surface area contributed by atoms with Gasteiger partial charge in [-0.25, -0.2) is 14.7 Å². The van der Waals surface area contributed by atoms with Crippen LogP contribution in [-0.2, 0) is 9.59 Å². The summed E-state index contributed by atoms with van der Waals surface area (Å²) in [5, 5.41) is 10.6. The molecule has 0 saturated heterocycles. The average Bonchev–Trinajstić information content (AvgIpc) is 3.60. The number of imide groups is 1. The number of carbonyl (C=O) groups is 4. The molecule has 4 aromatic rings. The summed E-state index contributed by atoms with van der Waals surface area (Å²) in [6, 6.07) is 12.8. The number of carboxylic acid groups (broad SMARTS) is 1. The zero-order chi connectivity index (χ0) is 29.5. The van der Waals surface area contributed by atoms with Crippen LogP contribution in [0.15, 0.2) is 69.8 Å². The fraction of sp³-hybridized carbons (Fsp3) is 0.276. The molecule has 0 bridgehead atoms. The molecule has 0 aliphatic carbocycles. The van der Waals surface area contributed by atoms with Crippen LogP contribution in [0.2, 0.25) is 0 Å². The Hall–Kier alpha value is -5.13. The van der Waals surface area contributed by atoms with Crippen LogP contribution in [0, 0.1) is 0 Å². The highest BCUT2D eigenvalue weighted by Gasteiger charge is 2.52. The van der Waals surface area contributed by atoms with Crippen molar-refractivity contribution in [3.8, 4) is 17.2 Å². The maximum absolute atomic E-state index is 14.1. The molecule has 0 saturated carbocycles. The monoisotopic (exact) mass is 560 g/mol. The Labute approximate surface area is 234 Å². The summed E-state index contributed by atoms with van der Waals surface area (Å²) in [7, 11) is 3.02. The van der Waals surface area contributed by atoms with Crippen molar-refractivity contribution in [2.75, 3.05) is 27.2 Å². The van der Waals surface area contributed by atoms with Gasteiger partial charge in [0.1, 0.15) is 25.0 Å². The Kier molecular flexibility index (Phi) is 6.99. The maximum atomic E-state index is 14.1. The fourth-order valence-electron chi connectivity index (χ4n) is 4.76. The lowest BCUT2D eigenvalue weighted by molar-refractivity contribution is -0.145. The van der Waals surface area contributed by atoms with Crippen molar-refractivity contribution in [2.24, 2.45) is 0 Å². The fourth-order valence-corrected chi connectivity index (χ4v) is 4.76. The number of furan rings is 1. The van der Waals surface area contributed by atoms with Gasteiger partial charge < -0.3 is 28.5 Å². The van der Waals surface area contributed by atoms with Crippen molar-refractivity contribution >= 4 is 34.8 Å². The number of benzene rings is 2. The number of hydrogen-bond acceptors (Lipinski definition) is 8. The lowest BCUT2D eigenvalue weighted by atomic mass is 9.96. The van der Waals surface area contributed by atoms with Crippen molar-refractivity contribution in [1.82, 2.24) is 19.7 Å². The first-order valence-corrected chi connectivity index (χ1v) is 12.8. The summed E-state index contributed by atoms with van der Waals surface area (Å²) >= 11 is 0. The highest BCUT2D eigenvalue weighted by Crippen LogP contribution is 2.40. The van der Waals surface area contributed by atoms with Gasteiger partial charge >= 0.3 is 6.09 Å². The van der Waals surface area contributed by atoms with Crippen LogP contribution in [0.1, 0.15) is 36.0 Å². The van der Waals surface area contributed by atoms with Crippen LogP contribution in [0.4, 0.5) is 4.79 Å². The maximum Gasteiger partial charge on any atom is 0.414 e. The van der Waals surface area contributed by atoms with E-state index in [4.69, 9.17) is 13.6 Å². The third kappa shape index (κ3) is 4.77. The van der Waals surface area contributed by atoms with Gasteiger partial charge in [-0.3, -0.25) is 14.4 Å². The molecule has 1 aliphatic rings. The molecule has 2 atom stereocenters.